The number of aliphatic hydroxyl groups is 1. The fourth-order valence-corrected chi connectivity index (χ4v) is 1.06. The molecule has 0 aromatic rings. The van der Waals surface area contributed by atoms with Crippen molar-refractivity contribution in [2.24, 2.45) is 5.92 Å². The third-order valence-electron chi connectivity index (χ3n) is 2.01. The Bertz CT molecular complexity index is 135. The van der Waals surface area contributed by atoms with Gasteiger partial charge in [0.2, 0.25) is 0 Å². The summed E-state index contributed by atoms with van der Waals surface area (Å²) >= 11 is 0. The molecule has 0 saturated carbocycles. The van der Waals surface area contributed by atoms with E-state index in [-0.39, 0.29) is 0 Å². The maximum absolute atomic E-state index is 9.82. The van der Waals surface area contributed by atoms with Gasteiger partial charge in [-0.3, -0.25) is 0 Å². The van der Waals surface area contributed by atoms with Crippen molar-refractivity contribution in [1.82, 2.24) is 5.32 Å². The van der Waals surface area contributed by atoms with Gasteiger partial charge in [-0.05, 0) is 25.8 Å². The second kappa shape index (κ2) is 7.21. The molecule has 1 unspecified atom stereocenters. The van der Waals surface area contributed by atoms with E-state index in [1.165, 1.54) is 0 Å². The van der Waals surface area contributed by atoms with Gasteiger partial charge in [-0.25, -0.2) is 0 Å². The molecule has 2 N–H and O–H groups in total. The van der Waals surface area contributed by atoms with Gasteiger partial charge in [0.1, 0.15) is 0 Å². The lowest BCUT2D eigenvalue weighted by Crippen LogP contribution is -2.41. The van der Waals surface area contributed by atoms with Crippen molar-refractivity contribution >= 4 is 0 Å². The molecule has 14 heavy (non-hydrogen) atoms. The first kappa shape index (κ1) is 13.9. The summed E-state index contributed by atoms with van der Waals surface area (Å²) in [6, 6.07) is 0. The average Bonchev–Trinajstić information content (AvgIpc) is 2.09. The summed E-state index contributed by atoms with van der Waals surface area (Å²) < 4.78 is 5.42. The molecule has 0 fully saturated rings. The number of nitrogens with one attached hydrogen (secondary N) is 1. The number of rotatable bonds is 8. The summed E-state index contributed by atoms with van der Waals surface area (Å²) in [6.45, 7) is 10.8. The number of likely N-dealkylation sites (N-methyl/N-ethyl adjacent to an activating group) is 1. The zero-order chi connectivity index (χ0) is 11.0. The molecule has 1 atom stereocenters. The first-order chi connectivity index (χ1) is 6.48. The summed E-state index contributed by atoms with van der Waals surface area (Å²) in [6.07, 6.45) is 1.05. The van der Waals surface area contributed by atoms with Crippen molar-refractivity contribution in [3.05, 3.63) is 0 Å². The molecule has 0 aromatic heterocycles. The molecule has 0 saturated heterocycles. The summed E-state index contributed by atoms with van der Waals surface area (Å²) in [5.74, 6) is 0.661. The van der Waals surface area contributed by atoms with Crippen LogP contribution in [0.15, 0.2) is 0 Å². The van der Waals surface area contributed by atoms with E-state index >= 15 is 0 Å². The maximum atomic E-state index is 9.82. The van der Waals surface area contributed by atoms with Crippen LogP contribution in [0.1, 0.15) is 34.1 Å². The van der Waals surface area contributed by atoms with Crippen molar-refractivity contribution in [2.75, 3.05) is 26.3 Å². The second-order valence-electron chi connectivity index (χ2n) is 4.51. The van der Waals surface area contributed by atoms with Gasteiger partial charge in [0.25, 0.3) is 0 Å². The molecule has 3 nitrogen and oxygen atoms in total. The first-order valence-corrected chi connectivity index (χ1v) is 5.49. The zero-order valence-electron chi connectivity index (χ0n) is 9.97. The molecule has 0 aliphatic carbocycles. The van der Waals surface area contributed by atoms with E-state index < -0.39 is 5.60 Å². The van der Waals surface area contributed by atoms with Crippen LogP contribution in [0.25, 0.3) is 0 Å². The van der Waals surface area contributed by atoms with Gasteiger partial charge in [-0.15, -0.1) is 0 Å². The van der Waals surface area contributed by atoms with E-state index in [1.54, 1.807) is 6.92 Å². The van der Waals surface area contributed by atoms with Crippen LogP contribution in [-0.4, -0.2) is 37.0 Å². The number of hydrogen-bond donors (Lipinski definition) is 2. The van der Waals surface area contributed by atoms with Crippen LogP contribution in [0.3, 0.4) is 0 Å². The molecule has 0 radical (unpaired) electrons. The van der Waals surface area contributed by atoms with E-state index in [1.807, 2.05) is 6.92 Å². The van der Waals surface area contributed by atoms with Gasteiger partial charge in [0.05, 0.1) is 12.2 Å². The van der Waals surface area contributed by atoms with Crippen molar-refractivity contribution < 1.29 is 9.84 Å². The van der Waals surface area contributed by atoms with Gasteiger partial charge in [0, 0.05) is 13.2 Å². The lowest BCUT2D eigenvalue weighted by atomic mass is 10.1. The quantitative estimate of drug-likeness (QED) is 0.586. The average molecular weight is 203 g/mol. The summed E-state index contributed by atoms with van der Waals surface area (Å²) in [5, 5.41) is 12.9. The fraction of sp³-hybridized carbons (Fsp3) is 1.00. The van der Waals surface area contributed by atoms with Crippen LogP contribution in [0.5, 0.6) is 0 Å². The van der Waals surface area contributed by atoms with Crippen molar-refractivity contribution in [3.63, 3.8) is 0 Å². The highest BCUT2D eigenvalue weighted by Crippen LogP contribution is 2.04. The Morgan fingerprint density at radius 3 is 2.57 bits per heavy atom. The highest BCUT2D eigenvalue weighted by molar-refractivity contribution is 4.74. The normalized spacial score (nSPS) is 15.9. The summed E-state index contributed by atoms with van der Waals surface area (Å²) in [5.41, 5.74) is -0.743. The molecule has 86 valence electrons. The van der Waals surface area contributed by atoms with E-state index in [2.05, 4.69) is 19.2 Å². The van der Waals surface area contributed by atoms with Crippen molar-refractivity contribution in [1.29, 1.82) is 0 Å². The Kier molecular flexibility index (Phi) is 7.15. The van der Waals surface area contributed by atoms with E-state index in [9.17, 15) is 5.11 Å². The zero-order valence-corrected chi connectivity index (χ0v) is 9.97. The third kappa shape index (κ3) is 8.48. The van der Waals surface area contributed by atoms with Crippen LogP contribution in [0.4, 0.5) is 0 Å². The van der Waals surface area contributed by atoms with Crippen LogP contribution < -0.4 is 5.32 Å². The molecular weight excluding hydrogens is 178 g/mol. The summed E-state index contributed by atoms with van der Waals surface area (Å²) in [4.78, 5) is 0. The maximum Gasteiger partial charge on any atom is 0.0975 e. The lowest BCUT2D eigenvalue weighted by molar-refractivity contribution is -0.0341. The Hall–Kier alpha value is -0.120. The van der Waals surface area contributed by atoms with E-state index in [0.29, 0.717) is 19.1 Å². The largest absolute Gasteiger partial charge is 0.386 e. The molecule has 0 aliphatic rings. The molecule has 0 rings (SSSR count). The SMILES string of the molecule is CCNCC(C)(O)COCCC(C)C. The van der Waals surface area contributed by atoms with Gasteiger partial charge >= 0.3 is 0 Å². The van der Waals surface area contributed by atoms with Crippen LogP contribution in [0, 0.1) is 5.92 Å². The highest BCUT2D eigenvalue weighted by Gasteiger charge is 2.19. The number of hydrogen-bond acceptors (Lipinski definition) is 3. The first-order valence-electron chi connectivity index (χ1n) is 5.49. The number of ether oxygens (including phenoxy) is 1. The minimum Gasteiger partial charge on any atom is -0.386 e. The fourth-order valence-electron chi connectivity index (χ4n) is 1.06. The highest BCUT2D eigenvalue weighted by atomic mass is 16.5. The molecule has 0 aromatic carbocycles. The van der Waals surface area contributed by atoms with Crippen molar-refractivity contribution in [2.45, 2.75) is 39.7 Å². The predicted octanol–water partition coefficient (Wildman–Crippen LogP) is 1.41. The van der Waals surface area contributed by atoms with Crippen molar-refractivity contribution in [3.8, 4) is 0 Å². The van der Waals surface area contributed by atoms with Crippen LogP contribution in [0.2, 0.25) is 0 Å². The minimum absolute atomic E-state index is 0.409. The molecule has 0 spiro atoms. The third-order valence-corrected chi connectivity index (χ3v) is 2.01. The Balaban J connectivity index is 3.44. The van der Waals surface area contributed by atoms with Gasteiger partial charge < -0.3 is 15.2 Å². The molecular formula is C11H25NO2. The smallest absolute Gasteiger partial charge is 0.0975 e. The monoisotopic (exact) mass is 203 g/mol. The standard InChI is InChI=1S/C11H25NO2/c1-5-12-8-11(4,13)9-14-7-6-10(2)3/h10,12-13H,5-9H2,1-4H3. The Morgan fingerprint density at radius 2 is 2.07 bits per heavy atom. The van der Waals surface area contributed by atoms with E-state index in [0.717, 1.165) is 19.6 Å². The Labute approximate surface area is 87.8 Å². The summed E-state index contributed by atoms with van der Waals surface area (Å²) in [7, 11) is 0. The molecule has 0 amide bonds. The second-order valence-corrected chi connectivity index (χ2v) is 4.51. The Morgan fingerprint density at radius 1 is 1.43 bits per heavy atom. The van der Waals surface area contributed by atoms with Crippen LogP contribution in [-0.2, 0) is 4.74 Å². The van der Waals surface area contributed by atoms with Gasteiger partial charge in [-0.2, -0.15) is 0 Å². The topological polar surface area (TPSA) is 41.5 Å². The van der Waals surface area contributed by atoms with Gasteiger partial charge in [-0.1, -0.05) is 20.8 Å². The molecule has 3 heteroatoms. The molecule has 0 bridgehead atoms. The molecule has 0 heterocycles. The predicted molar refractivity (Wildman–Crippen MR) is 59.4 cm³/mol. The van der Waals surface area contributed by atoms with E-state index in [4.69, 9.17) is 4.74 Å². The van der Waals surface area contributed by atoms with Crippen LogP contribution >= 0.6 is 0 Å². The molecule has 0 aliphatic heterocycles. The lowest BCUT2D eigenvalue weighted by Gasteiger charge is -2.23. The minimum atomic E-state index is -0.743. The van der Waals surface area contributed by atoms with Gasteiger partial charge in [0.15, 0.2) is 0 Å².